The van der Waals surface area contributed by atoms with Gasteiger partial charge in [0.15, 0.2) is 0 Å². The smallest absolute Gasteiger partial charge is 0.330 e. The van der Waals surface area contributed by atoms with Gasteiger partial charge < -0.3 is 30.0 Å². The van der Waals surface area contributed by atoms with Gasteiger partial charge in [0.2, 0.25) is 5.91 Å². The van der Waals surface area contributed by atoms with Crippen molar-refractivity contribution in [2.75, 3.05) is 32.6 Å². The standard InChI is InChI=1S/C18H28N4O2.C10H13N5O4/c1-12-7-14-8-13(2)17(22(9-12)10-14)20-16(23)11-21-6-4-5-15(19-3)18(21)24;1-19-8(17)5-3-2-4-7(6-16)11-10(18)9-12-14-15-13-9/h4-6,12-14,17,19H,7-11H2,1-3H3,(H,20,23);3,5-7H,2,4H2,1H3,(H,11,18)(H,12,13,14,15)/b;5-3+/t;7-/m.0/s1. The van der Waals surface area contributed by atoms with Crippen LogP contribution >= 0.6 is 0 Å². The maximum atomic E-state index is 12.5. The monoisotopic (exact) mass is 599 g/mol. The Morgan fingerprint density at radius 3 is 2.70 bits per heavy atom. The van der Waals surface area contributed by atoms with E-state index in [1.54, 1.807) is 31.5 Å². The maximum Gasteiger partial charge on any atom is 0.330 e. The van der Waals surface area contributed by atoms with Crippen LogP contribution < -0.4 is 21.5 Å². The fraction of sp³-hybridized carbons (Fsp3) is 0.571. The zero-order valence-corrected chi connectivity index (χ0v) is 25.0. The normalized spacial score (nSPS) is 23.3. The van der Waals surface area contributed by atoms with Crippen LogP contribution in [0.25, 0.3) is 0 Å². The van der Waals surface area contributed by atoms with Gasteiger partial charge in [-0.2, -0.15) is 5.21 Å². The number of allylic oxidation sites excluding steroid dienone is 1. The number of aromatic amines is 1. The van der Waals surface area contributed by atoms with Gasteiger partial charge in [0.1, 0.15) is 18.5 Å². The number of aldehydes is 1. The number of hydrogen-bond acceptors (Lipinski definition) is 11. The summed E-state index contributed by atoms with van der Waals surface area (Å²) in [7, 11) is 2.98. The molecule has 4 rings (SSSR count). The van der Waals surface area contributed by atoms with Crippen molar-refractivity contribution in [2.45, 2.75) is 58.3 Å². The van der Waals surface area contributed by atoms with Crippen LogP contribution in [-0.2, 0) is 25.7 Å². The molecule has 234 valence electrons. The van der Waals surface area contributed by atoms with E-state index in [9.17, 15) is 24.0 Å². The number of carbonyl (C=O) groups is 4. The van der Waals surface area contributed by atoms with Gasteiger partial charge in [-0.25, -0.2) is 4.79 Å². The SMILES string of the molecule is CNc1cccn(CC(=O)NC2C(C)CC3CC(C)CN2C3)c1=O.COC(=O)/C=C/CC[C@@H](C=O)NC(=O)c1nn[nH]n1. The average Bonchev–Trinajstić information content (AvgIpc) is 3.53. The highest BCUT2D eigenvalue weighted by Crippen LogP contribution is 2.35. The largest absolute Gasteiger partial charge is 0.466 e. The summed E-state index contributed by atoms with van der Waals surface area (Å²) in [6.45, 7) is 6.69. The van der Waals surface area contributed by atoms with Gasteiger partial charge in [-0.05, 0) is 60.8 Å². The van der Waals surface area contributed by atoms with E-state index in [0.29, 0.717) is 36.7 Å². The topological polar surface area (TPSA) is 193 Å². The molecule has 2 aliphatic heterocycles. The highest BCUT2D eigenvalue weighted by molar-refractivity contribution is 5.91. The van der Waals surface area contributed by atoms with E-state index in [1.165, 1.54) is 30.6 Å². The highest BCUT2D eigenvalue weighted by atomic mass is 16.5. The molecule has 0 saturated carbocycles. The van der Waals surface area contributed by atoms with Crippen molar-refractivity contribution in [2.24, 2.45) is 17.8 Å². The van der Waals surface area contributed by atoms with E-state index in [2.05, 4.69) is 60.1 Å². The Labute approximate surface area is 249 Å². The molecule has 0 aromatic carbocycles. The number of hydrogen-bond donors (Lipinski definition) is 4. The van der Waals surface area contributed by atoms with Gasteiger partial charge in [-0.15, -0.1) is 10.2 Å². The van der Waals surface area contributed by atoms with Gasteiger partial charge in [0.05, 0.1) is 19.3 Å². The number of H-pyrrole nitrogens is 1. The second-order valence-corrected chi connectivity index (χ2v) is 10.9. The first-order chi connectivity index (χ1) is 20.6. The molecule has 5 unspecified atom stereocenters. The Balaban J connectivity index is 0.000000243. The molecule has 0 spiro atoms. The molecule has 2 aromatic heterocycles. The van der Waals surface area contributed by atoms with Crippen molar-refractivity contribution < 1.29 is 23.9 Å². The van der Waals surface area contributed by atoms with E-state index in [4.69, 9.17) is 0 Å². The van der Waals surface area contributed by atoms with Gasteiger partial charge in [0, 0.05) is 32.4 Å². The number of esters is 1. The molecule has 4 heterocycles. The number of pyridine rings is 1. The number of nitrogens with one attached hydrogen (secondary N) is 4. The third kappa shape index (κ3) is 9.84. The van der Waals surface area contributed by atoms with Crippen LogP contribution in [0.2, 0.25) is 0 Å². The summed E-state index contributed by atoms with van der Waals surface area (Å²) >= 11 is 0. The van der Waals surface area contributed by atoms with Crippen molar-refractivity contribution in [3.63, 3.8) is 0 Å². The minimum absolute atomic E-state index is 0.0599. The fourth-order valence-electron chi connectivity index (χ4n) is 5.58. The van der Waals surface area contributed by atoms with E-state index >= 15 is 0 Å². The number of fused-ring (bicyclic) bond motifs is 2. The Hall–Kier alpha value is -4.40. The molecule has 4 N–H and O–H groups in total. The Kier molecular flexibility index (Phi) is 12.5. The summed E-state index contributed by atoms with van der Waals surface area (Å²) in [5, 5.41) is 20.8. The van der Waals surface area contributed by atoms with Crippen LogP contribution in [0, 0.1) is 17.8 Å². The molecule has 6 atom stereocenters. The van der Waals surface area contributed by atoms with Crippen LogP contribution in [0.3, 0.4) is 0 Å². The summed E-state index contributed by atoms with van der Waals surface area (Å²) < 4.78 is 5.86. The van der Waals surface area contributed by atoms with Gasteiger partial charge in [-0.3, -0.25) is 19.3 Å². The second-order valence-electron chi connectivity index (χ2n) is 10.9. The number of carbonyl (C=O) groups excluding carboxylic acids is 4. The lowest BCUT2D eigenvalue weighted by molar-refractivity contribution is -0.134. The van der Waals surface area contributed by atoms with E-state index in [-0.39, 0.29) is 30.0 Å². The number of aromatic nitrogens is 5. The molecular weight excluding hydrogens is 558 g/mol. The quantitative estimate of drug-likeness (QED) is 0.158. The number of nitrogens with zero attached hydrogens (tertiary/aromatic N) is 5. The molecule has 43 heavy (non-hydrogen) atoms. The van der Waals surface area contributed by atoms with Gasteiger partial charge in [-0.1, -0.05) is 19.9 Å². The van der Waals surface area contributed by atoms with Gasteiger partial charge in [0.25, 0.3) is 17.3 Å². The first-order valence-electron chi connectivity index (χ1n) is 14.3. The van der Waals surface area contributed by atoms with Crippen molar-refractivity contribution >= 4 is 29.8 Å². The van der Waals surface area contributed by atoms with Crippen LogP contribution in [0.15, 0.2) is 35.3 Å². The molecule has 2 saturated heterocycles. The number of anilines is 1. The minimum atomic E-state index is -0.687. The maximum absolute atomic E-state index is 12.5. The number of amides is 2. The minimum Gasteiger partial charge on any atom is -0.466 e. The van der Waals surface area contributed by atoms with Crippen LogP contribution in [0.1, 0.15) is 50.1 Å². The third-order valence-electron chi connectivity index (χ3n) is 7.45. The zero-order chi connectivity index (χ0) is 31.4. The Bertz CT molecular complexity index is 1310. The molecule has 15 nitrogen and oxygen atoms in total. The summed E-state index contributed by atoms with van der Waals surface area (Å²) in [6.07, 6.45) is 8.40. The number of methoxy groups -OCH3 is 1. The second kappa shape index (κ2) is 16.3. The van der Waals surface area contributed by atoms with Crippen LogP contribution in [0.4, 0.5) is 5.69 Å². The average molecular weight is 600 g/mol. The predicted octanol–water partition coefficient (Wildman–Crippen LogP) is 0.337. The molecule has 0 aliphatic carbocycles. The lowest BCUT2D eigenvalue weighted by Crippen LogP contribution is -2.60. The molecule has 2 aromatic rings. The predicted molar refractivity (Wildman–Crippen MR) is 157 cm³/mol. The number of ether oxygens (including phenoxy) is 1. The summed E-state index contributed by atoms with van der Waals surface area (Å²) in [5.41, 5.74) is 0.336. The molecule has 2 aliphatic rings. The Morgan fingerprint density at radius 2 is 2.02 bits per heavy atom. The zero-order valence-electron chi connectivity index (χ0n) is 25.0. The number of rotatable bonds is 11. The molecule has 0 radical (unpaired) electrons. The van der Waals surface area contributed by atoms with Gasteiger partial charge >= 0.3 is 5.97 Å². The summed E-state index contributed by atoms with van der Waals surface area (Å²) in [5.74, 6) is 0.579. The molecule has 15 heteroatoms. The van der Waals surface area contributed by atoms with Crippen molar-refractivity contribution in [3.8, 4) is 0 Å². The van der Waals surface area contributed by atoms with Crippen LogP contribution in [0.5, 0.6) is 0 Å². The lowest BCUT2D eigenvalue weighted by Gasteiger charge is -2.49. The van der Waals surface area contributed by atoms with Crippen molar-refractivity contribution in [3.05, 3.63) is 46.7 Å². The number of piperidine rings is 2. The first kappa shape index (κ1) is 33.1. The van der Waals surface area contributed by atoms with Crippen LogP contribution in [-0.4, -0.2) is 93.6 Å². The molecule has 2 fully saturated rings. The van der Waals surface area contributed by atoms with E-state index < -0.39 is 17.9 Å². The summed E-state index contributed by atoms with van der Waals surface area (Å²) in [4.78, 5) is 60.2. The Morgan fingerprint density at radius 1 is 1.23 bits per heavy atom. The third-order valence-corrected chi connectivity index (χ3v) is 7.45. The van der Waals surface area contributed by atoms with E-state index in [1.807, 2.05) is 0 Å². The van der Waals surface area contributed by atoms with Crippen molar-refractivity contribution in [1.29, 1.82) is 0 Å². The van der Waals surface area contributed by atoms with E-state index in [0.717, 1.165) is 19.0 Å². The number of tetrazole rings is 1. The molecular formula is C28H41N9O6. The van der Waals surface area contributed by atoms with Crippen molar-refractivity contribution in [1.82, 2.24) is 40.7 Å². The lowest BCUT2D eigenvalue weighted by atomic mass is 9.78. The molecule has 2 amide bonds. The first-order valence-corrected chi connectivity index (χ1v) is 14.3. The summed E-state index contributed by atoms with van der Waals surface area (Å²) in [6, 6.07) is 2.81. The highest BCUT2D eigenvalue weighted by Gasteiger charge is 2.38. The fourth-order valence-corrected chi connectivity index (χ4v) is 5.58. The molecule has 2 bridgehead atoms.